The number of rotatable bonds is 8. The molecule has 0 unspecified atom stereocenters. The van der Waals surface area contributed by atoms with Crippen molar-refractivity contribution in [2.24, 2.45) is 0 Å². The predicted octanol–water partition coefficient (Wildman–Crippen LogP) is 3.72. The number of aromatic nitrogens is 2. The summed E-state index contributed by atoms with van der Waals surface area (Å²) >= 11 is 0. The highest BCUT2D eigenvalue weighted by Gasteiger charge is 2.17. The van der Waals surface area contributed by atoms with Crippen LogP contribution < -0.4 is 5.32 Å². The number of pyridine rings is 1. The Balaban J connectivity index is 1.59. The first-order chi connectivity index (χ1) is 13.5. The van der Waals surface area contributed by atoms with Gasteiger partial charge in [-0.1, -0.05) is 35.9 Å². The van der Waals surface area contributed by atoms with Crippen molar-refractivity contribution in [2.45, 2.75) is 46.4 Å². The first-order valence-corrected chi connectivity index (χ1v) is 9.42. The summed E-state index contributed by atoms with van der Waals surface area (Å²) < 4.78 is 5.55. The predicted molar refractivity (Wildman–Crippen MR) is 107 cm³/mol. The average Bonchev–Trinajstić information content (AvgIpc) is 3.17. The highest BCUT2D eigenvalue weighted by molar-refractivity contribution is 5.91. The van der Waals surface area contributed by atoms with Crippen molar-refractivity contribution in [1.29, 1.82) is 0 Å². The third-order valence-electron chi connectivity index (χ3n) is 4.54. The smallest absolute Gasteiger partial charge is 0.273 e. The number of carbonyl (C=O) groups excluding carboxylic acids is 1. The molecule has 0 aliphatic rings. The van der Waals surface area contributed by atoms with Gasteiger partial charge < -0.3 is 9.73 Å². The van der Waals surface area contributed by atoms with Gasteiger partial charge in [0.2, 0.25) is 5.89 Å². The number of amides is 1. The normalized spacial score (nSPS) is 11.2. The van der Waals surface area contributed by atoms with Crippen molar-refractivity contribution < 1.29 is 9.21 Å². The molecule has 3 aromatic rings. The molecule has 1 aromatic carbocycles. The van der Waals surface area contributed by atoms with E-state index in [0.717, 1.165) is 12.1 Å². The van der Waals surface area contributed by atoms with E-state index < -0.39 is 0 Å². The summed E-state index contributed by atoms with van der Waals surface area (Å²) in [6, 6.07) is 12.6. The van der Waals surface area contributed by atoms with Crippen molar-refractivity contribution in [2.75, 3.05) is 0 Å². The van der Waals surface area contributed by atoms with Gasteiger partial charge in [0.15, 0.2) is 5.69 Å². The fourth-order valence-corrected chi connectivity index (χ4v) is 2.79. The Hall–Kier alpha value is -2.99. The Labute approximate surface area is 165 Å². The number of nitrogens with one attached hydrogen (secondary N) is 1. The Morgan fingerprint density at radius 1 is 1.14 bits per heavy atom. The lowest BCUT2D eigenvalue weighted by Crippen LogP contribution is -2.30. The molecule has 6 nitrogen and oxygen atoms in total. The van der Waals surface area contributed by atoms with Crippen LogP contribution in [0.1, 0.15) is 46.9 Å². The molecule has 0 aliphatic heterocycles. The fourth-order valence-electron chi connectivity index (χ4n) is 2.79. The Bertz CT molecular complexity index is 888. The van der Waals surface area contributed by atoms with E-state index >= 15 is 0 Å². The van der Waals surface area contributed by atoms with E-state index in [1.54, 1.807) is 12.4 Å². The Kier molecular flexibility index (Phi) is 6.55. The minimum atomic E-state index is -0.256. The molecule has 146 valence electrons. The zero-order valence-corrected chi connectivity index (χ0v) is 16.6. The molecule has 0 aliphatic carbocycles. The molecule has 1 amide bonds. The molecular formula is C22H26N4O2. The number of hydrogen-bond acceptors (Lipinski definition) is 5. The SMILES string of the molecule is Cc1ccc(CN(Cc2nc(C(=O)NCc3cccnc3)co2)C(C)C)cc1. The molecule has 0 bridgehead atoms. The van der Waals surface area contributed by atoms with Gasteiger partial charge in [-0.25, -0.2) is 4.98 Å². The van der Waals surface area contributed by atoms with Gasteiger partial charge in [-0.3, -0.25) is 14.7 Å². The maximum absolute atomic E-state index is 12.3. The minimum absolute atomic E-state index is 0.256. The summed E-state index contributed by atoms with van der Waals surface area (Å²) in [5, 5.41) is 2.83. The topological polar surface area (TPSA) is 71.3 Å². The lowest BCUT2D eigenvalue weighted by atomic mass is 10.1. The monoisotopic (exact) mass is 378 g/mol. The zero-order valence-electron chi connectivity index (χ0n) is 16.6. The van der Waals surface area contributed by atoms with Crippen molar-refractivity contribution in [1.82, 2.24) is 20.2 Å². The summed E-state index contributed by atoms with van der Waals surface area (Å²) in [5.74, 6) is 0.279. The third-order valence-corrected chi connectivity index (χ3v) is 4.54. The van der Waals surface area contributed by atoms with Crippen LogP contribution in [0.3, 0.4) is 0 Å². The second-order valence-electron chi connectivity index (χ2n) is 7.15. The van der Waals surface area contributed by atoms with E-state index in [0.29, 0.717) is 25.0 Å². The van der Waals surface area contributed by atoms with Gasteiger partial charge in [-0.15, -0.1) is 0 Å². The standard InChI is InChI=1S/C22H26N4O2/c1-16(2)26(13-18-8-6-17(3)7-9-18)14-21-25-20(15-28-21)22(27)24-12-19-5-4-10-23-11-19/h4-11,15-16H,12-14H2,1-3H3,(H,24,27). The van der Waals surface area contributed by atoms with Crippen molar-refractivity contribution in [3.63, 3.8) is 0 Å². The van der Waals surface area contributed by atoms with Crippen LogP contribution in [0.15, 0.2) is 59.5 Å². The number of hydrogen-bond donors (Lipinski definition) is 1. The quantitative estimate of drug-likeness (QED) is 0.647. The maximum atomic E-state index is 12.3. The van der Waals surface area contributed by atoms with Gasteiger partial charge in [0.1, 0.15) is 6.26 Å². The molecule has 0 saturated heterocycles. The van der Waals surface area contributed by atoms with E-state index in [2.05, 4.69) is 65.2 Å². The van der Waals surface area contributed by atoms with Gasteiger partial charge in [0, 0.05) is 31.5 Å². The maximum Gasteiger partial charge on any atom is 0.273 e. The molecule has 2 aromatic heterocycles. The second-order valence-corrected chi connectivity index (χ2v) is 7.15. The van der Waals surface area contributed by atoms with Gasteiger partial charge in [-0.2, -0.15) is 0 Å². The average molecular weight is 378 g/mol. The van der Waals surface area contributed by atoms with E-state index in [-0.39, 0.29) is 11.6 Å². The summed E-state index contributed by atoms with van der Waals surface area (Å²) in [6.45, 7) is 8.10. The van der Waals surface area contributed by atoms with Gasteiger partial charge in [0.25, 0.3) is 5.91 Å². The van der Waals surface area contributed by atoms with Crippen molar-refractivity contribution in [3.8, 4) is 0 Å². The number of nitrogens with zero attached hydrogens (tertiary/aromatic N) is 3. The molecule has 3 rings (SSSR count). The Morgan fingerprint density at radius 2 is 1.93 bits per heavy atom. The van der Waals surface area contributed by atoms with Crippen molar-refractivity contribution in [3.05, 3.63) is 83.3 Å². The molecule has 2 heterocycles. The number of oxazole rings is 1. The molecule has 0 saturated carbocycles. The molecular weight excluding hydrogens is 352 g/mol. The first-order valence-electron chi connectivity index (χ1n) is 9.42. The lowest BCUT2D eigenvalue weighted by molar-refractivity contribution is 0.0945. The highest BCUT2D eigenvalue weighted by Crippen LogP contribution is 2.14. The molecule has 0 radical (unpaired) electrons. The van der Waals surface area contributed by atoms with E-state index in [4.69, 9.17) is 4.42 Å². The van der Waals surface area contributed by atoms with E-state index in [9.17, 15) is 4.79 Å². The van der Waals surface area contributed by atoms with Gasteiger partial charge in [0.05, 0.1) is 6.54 Å². The van der Waals surface area contributed by atoms with Crippen LogP contribution in [0.5, 0.6) is 0 Å². The molecule has 28 heavy (non-hydrogen) atoms. The first kappa shape index (κ1) is 19.8. The molecule has 1 N–H and O–H groups in total. The molecule has 6 heteroatoms. The molecule has 0 fully saturated rings. The van der Waals surface area contributed by atoms with Crippen LogP contribution in [0.4, 0.5) is 0 Å². The summed E-state index contributed by atoms with van der Waals surface area (Å²) in [4.78, 5) is 23.0. The highest BCUT2D eigenvalue weighted by atomic mass is 16.3. The van der Waals surface area contributed by atoms with Crippen LogP contribution in [0.2, 0.25) is 0 Å². The van der Waals surface area contributed by atoms with Crippen LogP contribution in [-0.4, -0.2) is 26.8 Å². The van der Waals surface area contributed by atoms with E-state index in [1.165, 1.54) is 17.4 Å². The van der Waals surface area contributed by atoms with Gasteiger partial charge >= 0.3 is 0 Å². The minimum Gasteiger partial charge on any atom is -0.447 e. The lowest BCUT2D eigenvalue weighted by Gasteiger charge is -2.25. The number of carbonyl (C=O) groups is 1. The molecule has 0 spiro atoms. The van der Waals surface area contributed by atoms with E-state index in [1.807, 2.05) is 12.1 Å². The van der Waals surface area contributed by atoms with Crippen LogP contribution in [0.25, 0.3) is 0 Å². The molecule has 0 atom stereocenters. The summed E-state index contributed by atoms with van der Waals surface area (Å²) in [7, 11) is 0. The summed E-state index contributed by atoms with van der Waals surface area (Å²) in [6.07, 6.45) is 4.84. The largest absolute Gasteiger partial charge is 0.447 e. The van der Waals surface area contributed by atoms with Crippen LogP contribution >= 0.6 is 0 Å². The second kappa shape index (κ2) is 9.28. The fraction of sp³-hybridized carbons (Fsp3) is 0.318. The number of aryl methyl sites for hydroxylation is 1. The van der Waals surface area contributed by atoms with Crippen LogP contribution in [-0.2, 0) is 19.6 Å². The summed E-state index contributed by atoms with van der Waals surface area (Å²) in [5.41, 5.74) is 3.70. The van der Waals surface area contributed by atoms with Crippen LogP contribution in [0, 0.1) is 6.92 Å². The third kappa shape index (κ3) is 5.50. The number of benzene rings is 1. The Morgan fingerprint density at radius 3 is 2.61 bits per heavy atom. The zero-order chi connectivity index (χ0) is 19.9. The van der Waals surface area contributed by atoms with Crippen molar-refractivity contribution >= 4 is 5.91 Å². The van der Waals surface area contributed by atoms with Gasteiger partial charge in [-0.05, 0) is 38.0 Å².